The Balaban J connectivity index is 0.000000135. The standard InChI is InChI=1S/C59H35NO.C41H25N3O/c1-5-18-42-36(14-1)32-37-15-2-6-19-43(37)56(42)40-28-30-46-47-31-29-41(57-44-20-7-3-16-38(44)33-39-17-4-8-21-45(39)57)35-51(47)59(50(46)34-40)48-22-9-10-24-52(48)60-53-25-11-12-26-54(53)61-55-27-13-23-49(59)58(55)60;1-2-12-36-32(10-1)41(33-11-5-15-39-40(33)44(36)37-13-3-4-14-38(37)45-39)34-22-26(28-8-6-20-42-24-28)16-18-30(34)31-19-17-27(23-35(31)41)29-9-7-21-43-25-29/h1-35H;1-25H. The van der Waals surface area contributed by atoms with Gasteiger partial charge in [0.05, 0.1) is 45.0 Å². The number of hydrogen-bond acceptors (Lipinski definition) is 6. The molecular weight excluding hydrogens is 1290 g/mol. The molecule has 2 aromatic heterocycles. The van der Waals surface area contributed by atoms with E-state index in [0.29, 0.717) is 0 Å². The predicted molar refractivity (Wildman–Crippen MR) is 431 cm³/mol. The summed E-state index contributed by atoms with van der Waals surface area (Å²) in [6.07, 6.45) is 7.55. The van der Waals surface area contributed by atoms with Crippen molar-refractivity contribution in [3.8, 4) is 89.8 Å². The SMILES string of the molecule is c1ccc2c(c1)Oc1cccc3c1N2c1ccccc1C31c2cc(-c3c4ccccc4cc4ccccc34)ccc2-c2ccc(-c3c4ccccc4cc4ccccc34)cc21.c1cncc(-c2ccc3c(c2)C2(c4cc(-c5cccnc5)ccc4-3)c3ccccc3N3c4ccccc4Oc4cccc2c43)c1. The molecule has 6 aliphatic rings. The summed E-state index contributed by atoms with van der Waals surface area (Å²) in [5.74, 6) is 3.45. The molecule has 0 atom stereocenters. The van der Waals surface area contributed by atoms with Gasteiger partial charge >= 0.3 is 0 Å². The highest BCUT2D eigenvalue weighted by atomic mass is 16.5. The molecular formula is C100H60N4O2. The zero-order valence-corrected chi connectivity index (χ0v) is 57.2. The molecule has 0 radical (unpaired) electrons. The maximum Gasteiger partial charge on any atom is 0.151 e. The van der Waals surface area contributed by atoms with Crippen molar-refractivity contribution in [3.63, 3.8) is 0 Å². The molecule has 0 saturated carbocycles. The molecule has 2 spiro atoms. The second-order valence-corrected chi connectivity index (χ2v) is 28.6. The first-order chi connectivity index (χ1) is 52.6. The number of ether oxygens (including phenoxy) is 2. The van der Waals surface area contributed by atoms with Gasteiger partial charge in [-0.2, -0.15) is 0 Å². The molecule has 106 heavy (non-hydrogen) atoms. The quantitative estimate of drug-likeness (QED) is 0.164. The minimum Gasteiger partial charge on any atom is -0.453 e. The minimum atomic E-state index is -0.675. The van der Waals surface area contributed by atoms with Gasteiger partial charge in [0.2, 0.25) is 0 Å². The predicted octanol–water partition coefficient (Wildman–Crippen LogP) is 25.9. The van der Waals surface area contributed by atoms with E-state index in [1.165, 1.54) is 138 Å². The molecule has 2 aliphatic carbocycles. The molecule has 0 bridgehead atoms. The Kier molecular flexibility index (Phi) is 12.3. The number of fused-ring (bicyclic) bond motifs is 26. The number of aromatic nitrogens is 2. The highest BCUT2D eigenvalue weighted by Crippen LogP contribution is 2.70. The molecule has 0 N–H and O–H groups in total. The van der Waals surface area contributed by atoms with Crippen LogP contribution in [0.1, 0.15) is 44.5 Å². The summed E-state index contributed by atoms with van der Waals surface area (Å²) in [6, 6.07) is 125. The Morgan fingerprint density at radius 1 is 0.226 bits per heavy atom. The maximum atomic E-state index is 6.86. The minimum absolute atomic E-state index is 0.588. The molecule has 6 nitrogen and oxygen atoms in total. The highest BCUT2D eigenvalue weighted by molar-refractivity contribution is 6.15. The number of nitrogens with zero attached hydrogens (tertiary/aromatic N) is 4. The lowest BCUT2D eigenvalue weighted by atomic mass is 9.64. The monoisotopic (exact) mass is 1350 g/mol. The molecule has 0 unspecified atom stereocenters. The van der Waals surface area contributed by atoms with Gasteiger partial charge in [-0.25, -0.2) is 0 Å². The number of anilines is 6. The Labute approximate surface area is 612 Å². The third-order valence-electron chi connectivity index (χ3n) is 23.4. The lowest BCUT2D eigenvalue weighted by Gasteiger charge is -2.47. The van der Waals surface area contributed by atoms with Crippen LogP contribution in [0.4, 0.5) is 34.1 Å². The Bertz CT molecular complexity index is 6460. The maximum absolute atomic E-state index is 6.86. The highest BCUT2D eigenvalue weighted by Gasteiger charge is 2.56. The summed E-state index contributed by atoms with van der Waals surface area (Å²) in [4.78, 5) is 13.7. The summed E-state index contributed by atoms with van der Waals surface area (Å²) >= 11 is 0. The zero-order valence-electron chi connectivity index (χ0n) is 57.2. The summed E-state index contributed by atoms with van der Waals surface area (Å²) < 4.78 is 13.5. The third kappa shape index (κ3) is 8.04. The van der Waals surface area contributed by atoms with Gasteiger partial charge in [-0.1, -0.05) is 243 Å². The van der Waals surface area contributed by atoms with Gasteiger partial charge in [-0.15, -0.1) is 0 Å². The molecule has 6 heteroatoms. The van der Waals surface area contributed by atoms with Crippen LogP contribution in [0.3, 0.4) is 0 Å². The van der Waals surface area contributed by atoms with Crippen LogP contribution in [0, 0.1) is 0 Å². The van der Waals surface area contributed by atoms with Crippen LogP contribution < -0.4 is 19.3 Å². The average molecular weight is 1350 g/mol. The number of rotatable bonds is 4. The Morgan fingerprint density at radius 2 is 0.547 bits per heavy atom. The molecule has 492 valence electrons. The lowest BCUT2D eigenvalue weighted by Crippen LogP contribution is -2.37. The van der Waals surface area contributed by atoms with E-state index in [1.807, 2.05) is 43.0 Å². The second kappa shape index (κ2) is 22.3. The molecule has 4 aliphatic heterocycles. The molecule has 18 aromatic rings. The van der Waals surface area contributed by atoms with Crippen molar-refractivity contribution in [3.05, 3.63) is 409 Å². The molecule has 0 saturated heterocycles. The number of para-hydroxylation sites is 8. The smallest absolute Gasteiger partial charge is 0.151 e. The molecule has 16 aromatic carbocycles. The van der Waals surface area contributed by atoms with Crippen LogP contribution in [0.2, 0.25) is 0 Å². The normalized spacial score (nSPS) is 13.9. The van der Waals surface area contributed by atoms with Crippen molar-refractivity contribution in [1.29, 1.82) is 0 Å². The number of pyridine rings is 2. The Morgan fingerprint density at radius 3 is 0.934 bits per heavy atom. The number of hydrogen-bond donors (Lipinski definition) is 0. The van der Waals surface area contributed by atoms with Crippen molar-refractivity contribution >= 4 is 77.2 Å². The van der Waals surface area contributed by atoms with Crippen molar-refractivity contribution in [2.75, 3.05) is 9.80 Å². The molecule has 6 heterocycles. The van der Waals surface area contributed by atoms with Crippen LogP contribution in [0.25, 0.3) is 110 Å². The fourth-order valence-electron chi connectivity index (χ4n) is 19.2. The van der Waals surface area contributed by atoms with Gasteiger partial charge < -0.3 is 19.3 Å². The average Bonchev–Trinajstić information content (AvgIpc) is 1.43. The van der Waals surface area contributed by atoms with E-state index in [-0.39, 0.29) is 0 Å². The number of benzene rings is 16. The Hall–Kier alpha value is -13.9. The van der Waals surface area contributed by atoms with Crippen molar-refractivity contribution in [2.24, 2.45) is 0 Å². The molecule has 24 rings (SSSR count). The lowest BCUT2D eigenvalue weighted by molar-refractivity contribution is 0.473. The van der Waals surface area contributed by atoms with Gasteiger partial charge in [-0.05, 0) is 251 Å². The van der Waals surface area contributed by atoms with Crippen LogP contribution in [-0.4, -0.2) is 9.97 Å². The van der Waals surface area contributed by atoms with Gasteiger partial charge in [-0.3, -0.25) is 9.97 Å². The first-order valence-corrected chi connectivity index (χ1v) is 36.4. The van der Waals surface area contributed by atoms with Gasteiger partial charge in [0.15, 0.2) is 23.0 Å². The second-order valence-electron chi connectivity index (χ2n) is 28.6. The van der Waals surface area contributed by atoms with Crippen LogP contribution >= 0.6 is 0 Å². The first kappa shape index (κ1) is 58.7. The van der Waals surface area contributed by atoms with Crippen molar-refractivity contribution < 1.29 is 9.47 Å². The van der Waals surface area contributed by atoms with E-state index in [0.717, 1.165) is 73.7 Å². The molecule has 0 amide bonds. The van der Waals surface area contributed by atoms with Crippen LogP contribution in [0.5, 0.6) is 23.0 Å². The van der Waals surface area contributed by atoms with E-state index >= 15 is 0 Å². The van der Waals surface area contributed by atoms with E-state index in [2.05, 4.69) is 341 Å². The summed E-state index contributed by atoms with van der Waals surface area (Å²) in [5, 5.41) is 10.0. The first-order valence-electron chi connectivity index (χ1n) is 36.4. The van der Waals surface area contributed by atoms with E-state index in [4.69, 9.17) is 9.47 Å². The van der Waals surface area contributed by atoms with E-state index in [1.54, 1.807) is 0 Å². The van der Waals surface area contributed by atoms with Crippen molar-refractivity contribution in [1.82, 2.24) is 9.97 Å². The van der Waals surface area contributed by atoms with Crippen molar-refractivity contribution in [2.45, 2.75) is 10.8 Å². The van der Waals surface area contributed by atoms with E-state index < -0.39 is 10.8 Å². The third-order valence-corrected chi connectivity index (χ3v) is 23.4. The van der Waals surface area contributed by atoms with Crippen LogP contribution in [0.15, 0.2) is 365 Å². The summed E-state index contributed by atoms with van der Waals surface area (Å²) in [6.45, 7) is 0. The largest absolute Gasteiger partial charge is 0.453 e. The summed E-state index contributed by atoms with van der Waals surface area (Å²) in [7, 11) is 0. The molecule has 0 fully saturated rings. The zero-order chi connectivity index (χ0) is 69.3. The van der Waals surface area contributed by atoms with E-state index in [9.17, 15) is 0 Å². The van der Waals surface area contributed by atoms with Crippen LogP contribution in [-0.2, 0) is 10.8 Å². The fourth-order valence-corrected chi connectivity index (χ4v) is 19.2. The summed E-state index contributed by atoms with van der Waals surface area (Å²) in [5.41, 5.74) is 29.8. The van der Waals surface area contributed by atoms with Gasteiger partial charge in [0.25, 0.3) is 0 Å². The van der Waals surface area contributed by atoms with Gasteiger partial charge in [0.1, 0.15) is 0 Å². The van der Waals surface area contributed by atoms with Gasteiger partial charge in [0, 0.05) is 24.8 Å². The fraction of sp³-hybridized carbons (Fsp3) is 0.0200. The topological polar surface area (TPSA) is 50.7 Å².